The fourth-order valence-corrected chi connectivity index (χ4v) is 3.24. The lowest BCUT2D eigenvalue weighted by molar-refractivity contribution is -0.143. The number of ether oxygens (including phenoxy) is 1. The molecule has 0 aliphatic heterocycles. The van der Waals surface area contributed by atoms with Gasteiger partial charge in [0.1, 0.15) is 11.8 Å². The molecule has 0 unspecified atom stereocenters. The molecule has 2 rings (SSSR count). The van der Waals surface area contributed by atoms with Crippen LogP contribution in [-0.4, -0.2) is 35.4 Å². The van der Waals surface area contributed by atoms with Crippen LogP contribution in [-0.2, 0) is 16.1 Å². The number of hydrogen-bond acceptors (Lipinski definition) is 3. The van der Waals surface area contributed by atoms with E-state index in [1.54, 1.807) is 4.90 Å². The first-order chi connectivity index (χ1) is 14.4. The molecule has 0 aromatic heterocycles. The number of carbonyl (C=O) groups is 2. The Balaban J connectivity index is 2.21. The normalized spacial score (nSPS) is 12.7. The second kappa shape index (κ2) is 11.4. The van der Waals surface area contributed by atoms with Crippen LogP contribution in [0.15, 0.2) is 48.5 Å². The van der Waals surface area contributed by atoms with Gasteiger partial charge in [0.05, 0.1) is 0 Å². The van der Waals surface area contributed by atoms with Crippen LogP contribution in [0.3, 0.4) is 0 Å². The van der Waals surface area contributed by atoms with E-state index < -0.39 is 6.04 Å². The van der Waals surface area contributed by atoms with Gasteiger partial charge in [-0.2, -0.15) is 0 Å². The molecular weight excluding hydrogens is 376 g/mol. The van der Waals surface area contributed by atoms with E-state index in [-0.39, 0.29) is 24.5 Å². The predicted octanol–water partition coefficient (Wildman–Crippen LogP) is 4.40. The number of rotatable bonds is 10. The molecule has 2 aromatic rings. The van der Waals surface area contributed by atoms with Crippen LogP contribution in [0.2, 0.25) is 0 Å². The largest absolute Gasteiger partial charge is 0.483 e. The van der Waals surface area contributed by atoms with Crippen molar-refractivity contribution in [3.05, 3.63) is 65.2 Å². The highest BCUT2D eigenvalue weighted by Crippen LogP contribution is 2.21. The summed E-state index contributed by atoms with van der Waals surface area (Å²) in [6.45, 7) is 10.2. The number of nitrogens with one attached hydrogen (secondary N) is 1. The minimum Gasteiger partial charge on any atom is -0.483 e. The highest BCUT2D eigenvalue weighted by atomic mass is 16.5. The van der Waals surface area contributed by atoms with Crippen LogP contribution in [0, 0.1) is 13.8 Å². The van der Waals surface area contributed by atoms with Gasteiger partial charge in [0, 0.05) is 12.6 Å². The Labute approximate surface area is 180 Å². The van der Waals surface area contributed by atoms with Crippen molar-refractivity contribution in [3.8, 4) is 5.75 Å². The van der Waals surface area contributed by atoms with Gasteiger partial charge < -0.3 is 15.0 Å². The van der Waals surface area contributed by atoms with Gasteiger partial charge >= 0.3 is 0 Å². The number of carbonyl (C=O) groups excluding carboxylic acids is 2. The second-order valence-corrected chi connectivity index (χ2v) is 7.74. The summed E-state index contributed by atoms with van der Waals surface area (Å²) >= 11 is 0. The van der Waals surface area contributed by atoms with Gasteiger partial charge in [-0.15, -0.1) is 0 Å². The summed E-state index contributed by atoms with van der Waals surface area (Å²) in [6.07, 6.45) is 1.37. The van der Waals surface area contributed by atoms with Crippen molar-refractivity contribution in [2.24, 2.45) is 0 Å². The number of benzene rings is 2. The molecule has 2 amide bonds. The molecule has 162 valence electrons. The molecule has 0 spiro atoms. The molecule has 2 atom stereocenters. The summed E-state index contributed by atoms with van der Waals surface area (Å²) in [5.74, 6) is 0.369. The Bertz CT molecular complexity index is 836. The summed E-state index contributed by atoms with van der Waals surface area (Å²) in [5.41, 5.74) is 3.11. The fraction of sp³-hybridized carbons (Fsp3) is 0.440. The Morgan fingerprint density at radius 3 is 2.33 bits per heavy atom. The summed E-state index contributed by atoms with van der Waals surface area (Å²) in [7, 11) is 0. The fourth-order valence-electron chi connectivity index (χ4n) is 3.24. The zero-order chi connectivity index (χ0) is 22.1. The monoisotopic (exact) mass is 410 g/mol. The van der Waals surface area contributed by atoms with Gasteiger partial charge in [0.2, 0.25) is 5.91 Å². The molecule has 0 heterocycles. The lowest BCUT2D eigenvalue weighted by Gasteiger charge is -2.31. The Morgan fingerprint density at radius 2 is 1.70 bits per heavy atom. The first-order valence-corrected chi connectivity index (χ1v) is 10.7. The van der Waals surface area contributed by atoms with E-state index in [2.05, 4.69) is 5.32 Å². The van der Waals surface area contributed by atoms with Gasteiger partial charge in [-0.05, 0) is 56.4 Å². The van der Waals surface area contributed by atoms with Crippen molar-refractivity contribution in [2.45, 2.75) is 66.1 Å². The van der Waals surface area contributed by atoms with Crippen molar-refractivity contribution in [1.82, 2.24) is 10.2 Å². The van der Waals surface area contributed by atoms with Crippen LogP contribution >= 0.6 is 0 Å². The Hall–Kier alpha value is -2.82. The highest BCUT2D eigenvalue weighted by Gasteiger charge is 2.29. The lowest BCUT2D eigenvalue weighted by Crippen LogP contribution is -2.51. The maximum Gasteiger partial charge on any atom is 0.261 e. The zero-order valence-electron chi connectivity index (χ0n) is 18.8. The number of hydrogen-bond donors (Lipinski definition) is 1. The smallest absolute Gasteiger partial charge is 0.261 e. The van der Waals surface area contributed by atoms with Crippen LogP contribution in [0.25, 0.3) is 0 Å². The summed E-state index contributed by atoms with van der Waals surface area (Å²) in [4.78, 5) is 27.7. The molecule has 1 N–H and O–H groups in total. The zero-order valence-corrected chi connectivity index (χ0v) is 18.8. The summed E-state index contributed by atoms with van der Waals surface area (Å²) in [6, 6.07) is 15.0. The summed E-state index contributed by atoms with van der Waals surface area (Å²) in [5, 5.41) is 3.02. The molecule has 5 nitrogen and oxygen atoms in total. The quantitative estimate of drug-likeness (QED) is 0.631. The molecule has 30 heavy (non-hydrogen) atoms. The molecular formula is C25H34N2O3. The van der Waals surface area contributed by atoms with E-state index in [1.165, 1.54) is 0 Å². The lowest BCUT2D eigenvalue weighted by atomic mass is 10.1. The van der Waals surface area contributed by atoms with Gasteiger partial charge in [0.15, 0.2) is 6.61 Å². The minimum absolute atomic E-state index is 0.0615. The number of nitrogens with zero attached hydrogens (tertiary/aromatic N) is 1. The second-order valence-electron chi connectivity index (χ2n) is 7.74. The third-order valence-electron chi connectivity index (χ3n) is 5.49. The predicted molar refractivity (Wildman–Crippen MR) is 120 cm³/mol. The Morgan fingerprint density at radius 1 is 1.00 bits per heavy atom. The third kappa shape index (κ3) is 6.34. The van der Waals surface area contributed by atoms with Crippen molar-refractivity contribution in [1.29, 1.82) is 0 Å². The number of aryl methyl sites for hydroxylation is 1. The van der Waals surface area contributed by atoms with Gasteiger partial charge in [-0.25, -0.2) is 0 Å². The number of amides is 2. The van der Waals surface area contributed by atoms with E-state index in [1.807, 2.05) is 83.1 Å². The molecule has 0 saturated heterocycles. The molecule has 5 heteroatoms. The first kappa shape index (κ1) is 23.5. The van der Waals surface area contributed by atoms with E-state index in [9.17, 15) is 9.59 Å². The van der Waals surface area contributed by atoms with E-state index in [0.29, 0.717) is 18.7 Å². The average molecular weight is 411 g/mol. The molecule has 2 aromatic carbocycles. The highest BCUT2D eigenvalue weighted by molar-refractivity contribution is 5.88. The Kier molecular flexibility index (Phi) is 8.90. The van der Waals surface area contributed by atoms with Crippen LogP contribution in [0.5, 0.6) is 5.75 Å². The topological polar surface area (TPSA) is 58.6 Å². The van der Waals surface area contributed by atoms with Crippen LogP contribution < -0.4 is 10.1 Å². The molecule has 0 aliphatic carbocycles. The standard InChI is InChI=1S/C25H34N2O3/c1-6-19(4)26-25(29)22(7-2)27(16-21-13-9-8-10-14-21)24(28)17-30-23-15-11-12-18(3)20(23)5/h8-15,19,22H,6-7,16-17H2,1-5H3,(H,26,29)/t19-,22+/m0/s1. The van der Waals surface area contributed by atoms with Gasteiger partial charge in [0.25, 0.3) is 5.91 Å². The average Bonchev–Trinajstić information content (AvgIpc) is 2.75. The molecule has 0 radical (unpaired) electrons. The minimum atomic E-state index is -0.547. The molecule has 0 fully saturated rings. The van der Waals surface area contributed by atoms with Crippen molar-refractivity contribution < 1.29 is 14.3 Å². The maximum atomic E-state index is 13.2. The van der Waals surface area contributed by atoms with Gasteiger partial charge in [-0.3, -0.25) is 9.59 Å². The molecule has 0 saturated carbocycles. The third-order valence-corrected chi connectivity index (χ3v) is 5.49. The van der Waals surface area contributed by atoms with Gasteiger partial charge in [-0.1, -0.05) is 56.3 Å². The summed E-state index contributed by atoms with van der Waals surface area (Å²) < 4.78 is 5.85. The molecule has 0 aliphatic rings. The van der Waals surface area contributed by atoms with Crippen molar-refractivity contribution in [3.63, 3.8) is 0 Å². The first-order valence-electron chi connectivity index (χ1n) is 10.7. The molecule has 0 bridgehead atoms. The van der Waals surface area contributed by atoms with Crippen molar-refractivity contribution >= 4 is 11.8 Å². The van der Waals surface area contributed by atoms with Crippen LogP contribution in [0.4, 0.5) is 0 Å². The van der Waals surface area contributed by atoms with E-state index in [0.717, 1.165) is 23.1 Å². The van der Waals surface area contributed by atoms with Crippen molar-refractivity contribution in [2.75, 3.05) is 6.61 Å². The SMILES string of the molecule is CC[C@H](C(=O)N[C@@H](C)CC)N(Cc1ccccc1)C(=O)COc1cccc(C)c1C. The van der Waals surface area contributed by atoms with E-state index in [4.69, 9.17) is 4.74 Å². The van der Waals surface area contributed by atoms with Crippen LogP contribution in [0.1, 0.15) is 50.3 Å². The van der Waals surface area contributed by atoms with E-state index >= 15 is 0 Å². The maximum absolute atomic E-state index is 13.2.